The second-order valence-corrected chi connectivity index (χ2v) is 13.3. The number of carboxylic acid groups (broad SMARTS) is 4. The highest BCUT2D eigenvalue weighted by Crippen LogP contribution is 2.53. The molecule has 0 saturated carbocycles. The summed E-state index contributed by atoms with van der Waals surface area (Å²) in [7, 11) is 6.79. The zero-order chi connectivity index (χ0) is 40.3. The Balaban J connectivity index is 0.000000327. The van der Waals surface area contributed by atoms with E-state index in [1.165, 1.54) is 11.0 Å². The summed E-state index contributed by atoms with van der Waals surface area (Å²) in [6.07, 6.45) is 0.324. The van der Waals surface area contributed by atoms with Crippen molar-refractivity contribution in [3.63, 3.8) is 0 Å². The first-order valence-corrected chi connectivity index (χ1v) is 16.0. The van der Waals surface area contributed by atoms with E-state index < -0.39 is 108 Å². The Bertz CT molecular complexity index is 1700. The number of ketones is 2. The highest BCUT2D eigenvalue weighted by molar-refractivity contribution is 6.24. The van der Waals surface area contributed by atoms with Crippen LogP contribution < -0.4 is 10.6 Å². The molecule has 3 aliphatic carbocycles. The van der Waals surface area contributed by atoms with Crippen molar-refractivity contribution in [3.05, 3.63) is 45.9 Å². The zero-order valence-electron chi connectivity index (χ0n) is 29.3. The van der Waals surface area contributed by atoms with E-state index >= 15 is 0 Å². The van der Waals surface area contributed by atoms with Crippen LogP contribution in [0.4, 0.5) is 5.69 Å². The molecule has 0 heterocycles. The van der Waals surface area contributed by atoms with Gasteiger partial charge in [0.05, 0.1) is 37.8 Å². The predicted molar refractivity (Wildman–Crippen MR) is 181 cm³/mol. The number of nitrogens with two attached hydrogens (primary N) is 1. The number of benzene rings is 1. The fraction of sp³-hybridized carbons (Fsp3) is 0.485. The number of primary amides is 1. The second kappa shape index (κ2) is 16.4. The molecule has 1 amide bonds. The Morgan fingerprint density at radius 3 is 1.68 bits per heavy atom. The molecule has 290 valence electrons. The number of hydrogen-bond acceptors (Lipinski definition) is 15. The summed E-state index contributed by atoms with van der Waals surface area (Å²) in [5, 5.41) is 78.4. The molecule has 4 atom stereocenters. The Kier molecular flexibility index (Phi) is 13.0. The quantitative estimate of drug-likeness (QED) is 0.0939. The molecule has 10 N–H and O–H groups in total. The number of aliphatic carboxylic acids is 4. The summed E-state index contributed by atoms with van der Waals surface area (Å²) in [6, 6.07) is 2.06. The second-order valence-electron chi connectivity index (χ2n) is 13.3. The van der Waals surface area contributed by atoms with Gasteiger partial charge in [0.25, 0.3) is 5.91 Å². The van der Waals surface area contributed by atoms with Crippen LogP contribution in [0, 0.1) is 11.8 Å². The lowest BCUT2D eigenvalue weighted by Gasteiger charge is -2.50. The molecule has 0 bridgehead atoms. The number of aliphatic hydroxyl groups excluding tert-OH is 2. The number of rotatable bonds is 14. The smallest absolute Gasteiger partial charge is 0.317 e. The average Bonchev–Trinajstić information content (AvgIpc) is 3.00. The zero-order valence-corrected chi connectivity index (χ0v) is 29.3. The van der Waals surface area contributed by atoms with E-state index in [9.17, 15) is 54.0 Å². The van der Waals surface area contributed by atoms with Gasteiger partial charge in [-0.1, -0.05) is 0 Å². The third-order valence-corrected chi connectivity index (χ3v) is 9.23. The van der Waals surface area contributed by atoms with Crippen molar-refractivity contribution in [1.29, 1.82) is 0 Å². The van der Waals surface area contributed by atoms with Crippen molar-refractivity contribution in [3.8, 4) is 5.75 Å². The molecule has 20 heteroatoms. The van der Waals surface area contributed by atoms with E-state index in [1.807, 2.05) is 0 Å². The van der Waals surface area contributed by atoms with Gasteiger partial charge in [0.15, 0.2) is 11.4 Å². The van der Waals surface area contributed by atoms with Gasteiger partial charge in [0.2, 0.25) is 5.78 Å². The summed E-state index contributed by atoms with van der Waals surface area (Å²) in [6.45, 7) is -2.25. The minimum Gasteiger partial charge on any atom is -0.510 e. The Hall–Kier alpha value is -5.57. The topological polar surface area (TPSA) is 320 Å². The number of anilines is 1. The Morgan fingerprint density at radius 1 is 0.811 bits per heavy atom. The number of likely N-dealkylation sites (N-methyl/N-ethyl adjacent to an activating group) is 1. The SMILES string of the molecule is CN(C)c1ccc(O)c2c1C[C@H]1C[C@H]3[C@H](N(C)C)C(O)=C(C(N)=O)C(=O)[C@@]3(O)C(O)=C1C2=O.O=C(O)CN(CCN(CC(=O)O)CC(=O)O)CC(=O)O. The number of carbonyl (C=O) groups excluding carboxylic acids is 3. The van der Waals surface area contributed by atoms with Crippen LogP contribution in [0.3, 0.4) is 0 Å². The van der Waals surface area contributed by atoms with Crippen molar-refractivity contribution in [2.24, 2.45) is 17.6 Å². The molecule has 0 unspecified atom stereocenters. The van der Waals surface area contributed by atoms with Crippen LogP contribution in [-0.4, -0.2) is 176 Å². The minimum atomic E-state index is -2.63. The molecule has 4 rings (SSSR count). The molecule has 0 aliphatic heterocycles. The van der Waals surface area contributed by atoms with Gasteiger partial charge in [0.1, 0.15) is 22.8 Å². The molecule has 1 aromatic rings. The van der Waals surface area contributed by atoms with Gasteiger partial charge in [0, 0.05) is 44.4 Å². The van der Waals surface area contributed by atoms with Crippen LogP contribution in [0.2, 0.25) is 0 Å². The lowest BCUT2D eigenvalue weighted by Crippen LogP contribution is -2.63. The lowest BCUT2D eigenvalue weighted by molar-refractivity contribution is -0.148. The van der Waals surface area contributed by atoms with Crippen molar-refractivity contribution in [2.75, 3.05) is 72.4 Å². The molecule has 53 heavy (non-hydrogen) atoms. The van der Waals surface area contributed by atoms with Crippen molar-refractivity contribution in [1.82, 2.24) is 14.7 Å². The summed E-state index contributed by atoms with van der Waals surface area (Å²) >= 11 is 0. The van der Waals surface area contributed by atoms with Gasteiger partial charge >= 0.3 is 23.9 Å². The van der Waals surface area contributed by atoms with Crippen LogP contribution in [0.15, 0.2) is 34.8 Å². The van der Waals surface area contributed by atoms with Crippen molar-refractivity contribution >= 4 is 47.0 Å². The maximum atomic E-state index is 13.5. The Labute approximate surface area is 302 Å². The minimum absolute atomic E-state index is 0.00184. The standard InChI is InChI=1S/C23H27N3O7.C10H16N2O8/c1-25(2)12-5-6-13(27)15-10(12)7-9-8-11-17(26(3)4)19(29)16(22(24)32)21(31)23(11,33)20(30)14(9)18(15)28;13-7(14)3-11(4-8(15)16)1-2-12(5-9(17)18)6-10(19)20/h5-6,9,11,17,27,29-30,33H,7-8H2,1-4H3,(H2,24,32);1-6H2,(H,13,14)(H,15,16)(H,17,18)(H,19,20)/t9-,11-,17-,23-;/m0./s1. The number of amides is 1. The number of aromatic hydroxyl groups is 1. The summed E-state index contributed by atoms with van der Waals surface area (Å²) in [5.41, 5.74) is 3.02. The highest BCUT2D eigenvalue weighted by atomic mass is 16.4. The van der Waals surface area contributed by atoms with E-state index in [0.29, 0.717) is 5.56 Å². The summed E-state index contributed by atoms with van der Waals surface area (Å²) in [5.74, 6) is -11.4. The first-order chi connectivity index (χ1) is 24.5. The molecule has 0 spiro atoms. The first kappa shape index (κ1) is 41.8. The van der Waals surface area contributed by atoms with E-state index in [2.05, 4.69) is 0 Å². The number of hydrogen-bond donors (Lipinski definition) is 9. The van der Waals surface area contributed by atoms with Crippen molar-refractivity contribution < 1.29 is 74.4 Å². The molecule has 0 aromatic heterocycles. The van der Waals surface area contributed by atoms with Crippen LogP contribution >= 0.6 is 0 Å². The third-order valence-electron chi connectivity index (χ3n) is 9.23. The number of aliphatic hydroxyl groups is 3. The van der Waals surface area contributed by atoms with E-state index in [1.54, 1.807) is 39.2 Å². The van der Waals surface area contributed by atoms with E-state index in [-0.39, 0.29) is 42.8 Å². The molecule has 0 fully saturated rings. The molecular weight excluding hydrogens is 706 g/mol. The average molecular weight is 750 g/mol. The third kappa shape index (κ3) is 8.74. The van der Waals surface area contributed by atoms with Crippen molar-refractivity contribution in [2.45, 2.75) is 24.5 Å². The van der Waals surface area contributed by atoms with E-state index in [0.717, 1.165) is 15.5 Å². The number of Topliss-reactive ketones (excluding diaryl/α,β-unsaturated/α-hetero) is 2. The monoisotopic (exact) mass is 749 g/mol. The first-order valence-electron chi connectivity index (χ1n) is 16.0. The van der Waals surface area contributed by atoms with Gasteiger partial charge in [-0.3, -0.25) is 48.3 Å². The lowest BCUT2D eigenvalue weighted by atomic mass is 9.58. The maximum Gasteiger partial charge on any atom is 0.317 e. The van der Waals surface area contributed by atoms with Gasteiger partial charge in [-0.05, 0) is 50.6 Å². The van der Waals surface area contributed by atoms with E-state index in [4.69, 9.17) is 26.2 Å². The predicted octanol–water partition coefficient (Wildman–Crippen LogP) is -1.88. The van der Waals surface area contributed by atoms with Gasteiger partial charge < -0.3 is 51.5 Å². The fourth-order valence-electron chi connectivity index (χ4n) is 7.13. The maximum absolute atomic E-state index is 13.5. The number of allylic oxidation sites excluding steroid dienone is 1. The molecule has 0 saturated heterocycles. The molecular formula is C33H43N5O15. The largest absolute Gasteiger partial charge is 0.510 e. The normalized spacial score (nSPS) is 22.2. The number of nitrogens with zero attached hydrogens (tertiary/aromatic N) is 4. The fourth-order valence-corrected chi connectivity index (χ4v) is 7.13. The van der Waals surface area contributed by atoms with Crippen LogP contribution in [0.5, 0.6) is 5.75 Å². The van der Waals surface area contributed by atoms with Crippen LogP contribution in [0.1, 0.15) is 22.3 Å². The molecule has 20 nitrogen and oxygen atoms in total. The molecule has 0 radical (unpaired) electrons. The summed E-state index contributed by atoms with van der Waals surface area (Å²) in [4.78, 5) is 86.4. The van der Waals surface area contributed by atoms with Crippen LogP contribution in [-0.2, 0) is 35.2 Å². The number of carboxylic acids is 4. The highest BCUT2D eigenvalue weighted by Gasteiger charge is 2.63. The van der Waals surface area contributed by atoms with Gasteiger partial charge in [-0.2, -0.15) is 0 Å². The number of phenolic OH excluding ortho intramolecular Hbond substituents is 1. The molecule has 1 aromatic carbocycles. The van der Waals surface area contributed by atoms with Gasteiger partial charge in [-0.25, -0.2) is 0 Å². The number of phenols is 1. The number of carbonyl (C=O) groups is 7. The number of fused-ring (bicyclic) bond motifs is 3. The summed E-state index contributed by atoms with van der Waals surface area (Å²) < 4.78 is 0. The van der Waals surface area contributed by atoms with Crippen LogP contribution in [0.25, 0.3) is 0 Å². The molecule has 3 aliphatic rings. The van der Waals surface area contributed by atoms with Gasteiger partial charge in [-0.15, -0.1) is 0 Å². The Morgan fingerprint density at radius 2 is 1.28 bits per heavy atom.